The Morgan fingerprint density at radius 2 is 1.71 bits per heavy atom. The first-order chi connectivity index (χ1) is 16.7. The number of aromatic nitrogens is 2. The fourth-order valence-corrected chi connectivity index (χ4v) is 4.76. The third kappa shape index (κ3) is 3.76. The normalized spacial score (nSPS) is 16.9. The standard InChI is InChI=1S/C24H16F3N5O2S/c25-24(26,27)19-12-16(14-30-20(19)13-28)31-21(33)23(8-1-9-23)32(22(31)35)15-2-4-17(5-3-15)34-18-6-10-29-11-7-18/h2-7,10-12,14H,1,8-9H2. The number of anilines is 2. The molecule has 3 heterocycles. The molecule has 1 amide bonds. The van der Waals surface area contributed by atoms with E-state index in [1.54, 1.807) is 53.7 Å². The zero-order chi connectivity index (χ0) is 24.8. The Hall–Kier alpha value is -4.04. The van der Waals surface area contributed by atoms with E-state index in [-0.39, 0.29) is 10.8 Å². The Bertz CT molecular complexity index is 1350. The number of ether oxygens (including phenoxy) is 1. The molecule has 2 aliphatic rings. The zero-order valence-electron chi connectivity index (χ0n) is 18.0. The van der Waals surface area contributed by atoms with E-state index in [0.29, 0.717) is 30.0 Å². The Kier molecular flexibility index (Phi) is 5.40. The summed E-state index contributed by atoms with van der Waals surface area (Å²) in [6, 6.07) is 12.6. The molecule has 1 aromatic carbocycles. The zero-order valence-corrected chi connectivity index (χ0v) is 18.8. The van der Waals surface area contributed by atoms with Gasteiger partial charge in [-0.2, -0.15) is 18.4 Å². The maximum Gasteiger partial charge on any atom is 0.419 e. The van der Waals surface area contributed by atoms with Crippen molar-refractivity contribution in [2.24, 2.45) is 0 Å². The van der Waals surface area contributed by atoms with Crippen molar-refractivity contribution in [3.8, 4) is 17.6 Å². The number of rotatable bonds is 4. The predicted octanol–water partition coefficient (Wildman–Crippen LogP) is 5.22. The first kappa shape index (κ1) is 22.7. The molecule has 3 aromatic rings. The smallest absolute Gasteiger partial charge is 0.419 e. The van der Waals surface area contributed by atoms with Crippen LogP contribution >= 0.6 is 12.2 Å². The van der Waals surface area contributed by atoms with Crippen LogP contribution in [-0.4, -0.2) is 26.5 Å². The molecule has 1 saturated heterocycles. The molecule has 2 fully saturated rings. The second kappa shape index (κ2) is 8.32. The number of thiocarbonyl (C=S) groups is 1. The number of halogens is 3. The minimum Gasteiger partial charge on any atom is -0.457 e. The van der Waals surface area contributed by atoms with Crippen LogP contribution in [0.25, 0.3) is 0 Å². The third-order valence-corrected chi connectivity index (χ3v) is 6.48. The van der Waals surface area contributed by atoms with Gasteiger partial charge in [0.15, 0.2) is 10.8 Å². The molecule has 1 aliphatic heterocycles. The molecule has 1 saturated carbocycles. The second-order valence-corrected chi connectivity index (χ2v) is 8.49. The summed E-state index contributed by atoms with van der Waals surface area (Å²) in [6.45, 7) is 0. The minimum atomic E-state index is -4.81. The highest BCUT2D eigenvalue weighted by molar-refractivity contribution is 7.81. The fraction of sp³-hybridized carbons (Fsp3) is 0.208. The summed E-state index contributed by atoms with van der Waals surface area (Å²) in [5.41, 5.74) is -2.47. The van der Waals surface area contributed by atoms with Crippen LogP contribution in [0.5, 0.6) is 11.5 Å². The quantitative estimate of drug-likeness (QED) is 0.459. The van der Waals surface area contributed by atoms with E-state index < -0.39 is 28.9 Å². The minimum absolute atomic E-state index is 0.0529. The summed E-state index contributed by atoms with van der Waals surface area (Å²) in [7, 11) is 0. The molecule has 1 spiro atoms. The highest BCUT2D eigenvalue weighted by atomic mass is 32.1. The van der Waals surface area contributed by atoms with Crippen molar-refractivity contribution in [3.63, 3.8) is 0 Å². The second-order valence-electron chi connectivity index (χ2n) is 8.12. The number of hydrogen-bond acceptors (Lipinski definition) is 6. The van der Waals surface area contributed by atoms with Gasteiger partial charge in [-0.3, -0.25) is 14.7 Å². The van der Waals surface area contributed by atoms with E-state index >= 15 is 0 Å². The number of hydrogen-bond donors (Lipinski definition) is 0. The van der Waals surface area contributed by atoms with E-state index in [9.17, 15) is 18.0 Å². The Labute approximate surface area is 203 Å². The maximum absolute atomic E-state index is 13.5. The molecule has 5 rings (SSSR count). The lowest BCUT2D eigenvalue weighted by Crippen LogP contribution is -2.55. The van der Waals surface area contributed by atoms with Gasteiger partial charge in [0.2, 0.25) is 0 Å². The average Bonchev–Trinajstić information content (AvgIpc) is 3.06. The monoisotopic (exact) mass is 495 g/mol. The van der Waals surface area contributed by atoms with Crippen molar-refractivity contribution in [3.05, 3.63) is 72.3 Å². The van der Waals surface area contributed by atoms with Gasteiger partial charge in [0.25, 0.3) is 5.91 Å². The van der Waals surface area contributed by atoms with Gasteiger partial charge in [0.05, 0.1) is 17.4 Å². The summed E-state index contributed by atoms with van der Waals surface area (Å²) in [5, 5.41) is 9.09. The summed E-state index contributed by atoms with van der Waals surface area (Å²) >= 11 is 5.61. The molecule has 11 heteroatoms. The first-order valence-electron chi connectivity index (χ1n) is 10.6. The summed E-state index contributed by atoms with van der Waals surface area (Å²) in [6.07, 6.45) is 1.27. The van der Waals surface area contributed by atoms with Crippen molar-refractivity contribution in [1.82, 2.24) is 9.97 Å². The van der Waals surface area contributed by atoms with Gasteiger partial charge in [-0.05, 0) is 73.9 Å². The van der Waals surface area contributed by atoms with Crippen molar-refractivity contribution in [2.45, 2.75) is 31.0 Å². The van der Waals surface area contributed by atoms with Crippen molar-refractivity contribution < 1.29 is 22.7 Å². The van der Waals surface area contributed by atoms with Gasteiger partial charge in [-0.25, -0.2) is 4.98 Å². The van der Waals surface area contributed by atoms with E-state index in [0.717, 1.165) is 23.6 Å². The molecular weight excluding hydrogens is 479 g/mol. The number of carbonyl (C=O) groups is 1. The van der Waals surface area contributed by atoms with Crippen molar-refractivity contribution >= 4 is 34.6 Å². The first-order valence-corrected chi connectivity index (χ1v) is 11.0. The number of carbonyl (C=O) groups excluding carboxylic acids is 1. The summed E-state index contributed by atoms with van der Waals surface area (Å²) in [5.74, 6) is 0.752. The number of alkyl halides is 3. The van der Waals surface area contributed by atoms with Crippen LogP contribution in [0.2, 0.25) is 0 Å². The summed E-state index contributed by atoms with van der Waals surface area (Å²) < 4.78 is 46.3. The van der Waals surface area contributed by atoms with Gasteiger partial charge in [0.1, 0.15) is 23.1 Å². The topological polar surface area (TPSA) is 82.4 Å². The van der Waals surface area contributed by atoms with Crippen LogP contribution in [0.3, 0.4) is 0 Å². The SMILES string of the molecule is N#Cc1ncc(N2C(=O)C3(CCC3)N(c3ccc(Oc4ccncc4)cc3)C2=S)cc1C(F)(F)F. The van der Waals surface area contributed by atoms with Gasteiger partial charge in [-0.15, -0.1) is 0 Å². The lowest BCUT2D eigenvalue weighted by atomic mass is 9.75. The molecule has 7 nitrogen and oxygen atoms in total. The summed E-state index contributed by atoms with van der Waals surface area (Å²) in [4.78, 5) is 23.9. The molecular formula is C24H16F3N5O2S. The Balaban J connectivity index is 1.49. The molecule has 176 valence electrons. The molecule has 0 bridgehead atoms. The van der Waals surface area contributed by atoms with E-state index in [4.69, 9.17) is 22.2 Å². The van der Waals surface area contributed by atoms with E-state index in [1.807, 2.05) is 0 Å². The lowest BCUT2D eigenvalue weighted by molar-refractivity contribution is -0.138. The fourth-order valence-electron chi connectivity index (χ4n) is 4.29. The molecule has 35 heavy (non-hydrogen) atoms. The van der Waals surface area contributed by atoms with Crippen LogP contribution in [0.15, 0.2) is 61.1 Å². The highest BCUT2D eigenvalue weighted by Crippen LogP contribution is 2.48. The molecule has 0 unspecified atom stereocenters. The molecule has 0 radical (unpaired) electrons. The number of benzene rings is 1. The Morgan fingerprint density at radius 3 is 2.29 bits per heavy atom. The van der Waals surface area contributed by atoms with E-state index in [1.165, 1.54) is 6.07 Å². The van der Waals surface area contributed by atoms with Gasteiger partial charge >= 0.3 is 6.18 Å². The number of nitrogens with zero attached hydrogens (tertiary/aromatic N) is 5. The van der Waals surface area contributed by atoms with Crippen molar-refractivity contribution in [2.75, 3.05) is 9.80 Å². The lowest BCUT2D eigenvalue weighted by Gasteiger charge is -2.43. The van der Waals surface area contributed by atoms with Crippen LogP contribution < -0.4 is 14.5 Å². The van der Waals surface area contributed by atoms with Crippen LogP contribution in [0, 0.1) is 11.3 Å². The third-order valence-electron chi connectivity index (χ3n) is 6.12. The number of pyridine rings is 2. The van der Waals surface area contributed by atoms with Crippen LogP contribution in [0.4, 0.5) is 24.5 Å². The Morgan fingerprint density at radius 1 is 1.06 bits per heavy atom. The number of nitriles is 1. The predicted molar refractivity (Wildman–Crippen MR) is 124 cm³/mol. The highest BCUT2D eigenvalue weighted by Gasteiger charge is 2.59. The van der Waals surface area contributed by atoms with Crippen LogP contribution in [-0.2, 0) is 11.0 Å². The van der Waals surface area contributed by atoms with Crippen molar-refractivity contribution in [1.29, 1.82) is 5.26 Å². The van der Waals surface area contributed by atoms with Gasteiger partial charge < -0.3 is 9.64 Å². The average molecular weight is 495 g/mol. The molecule has 2 aromatic heterocycles. The number of amides is 1. The largest absolute Gasteiger partial charge is 0.457 e. The molecule has 0 atom stereocenters. The molecule has 0 N–H and O–H groups in total. The van der Waals surface area contributed by atoms with Crippen LogP contribution in [0.1, 0.15) is 30.5 Å². The van der Waals surface area contributed by atoms with Gasteiger partial charge in [0, 0.05) is 18.1 Å². The molecule has 1 aliphatic carbocycles. The maximum atomic E-state index is 13.5. The van der Waals surface area contributed by atoms with E-state index in [2.05, 4.69) is 9.97 Å². The van der Waals surface area contributed by atoms with Gasteiger partial charge in [-0.1, -0.05) is 0 Å².